The van der Waals surface area contributed by atoms with Crippen molar-refractivity contribution in [3.63, 3.8) is 0 Å². The van der Waals surface area contributed by atoms with E-state index in [0.29, 0.717) is 6.04 Å². The molecule has 2 heterocycles. The third-order valence-electron chi connectivity index (χ3n) is 4.68. The summed E-state index contributed by atoms with van der Waals surface area (Å²) < 4.78 is 0. The van der Waals surface area contributed by atoms with Crippen molar-refractivity contribution in [2.24, 2.45) is 0 Å². The van der Waals surface area contributed by atoms with E-state index in [9.17, 15) is 0 Å². The molecule has 0 N–H and O–H groups in total. The molecule has 0 aliphatic carbocycles. The Morgan fingerprint density at radius 1 is 1.00 bits per heavy atom. The second kappa shape index (κ2) is 5.61. The number of piperazine rings is 1. The largest absolute Gasteiger partial charge is 0.304 e. The zero-order valence-electron chi connectivity index (χ0n) is 12.2. The van der Waals surface area contributed by atoms with Gasteiger partial charge in [-0.15, -0.1) is 0 Å². The Hall–Kier alpha value is -0.900. The van der Waals surface area contributed by atoms with Gasteiger partial charge in [-0.3, -0.25) is 9.80 Å². The molecule has 1 unspecified atom stereocenters. The fraction of sp³-hybridized carbons (Fsp3) is 0.625. The lowest BCUT2D eigenvalue weighted by molar-refractivity contribution is 0.103. The minimum absolute atomic E-state index is 0.679. The minimum atomic E-state index is 0.679. The number of hydrogen-bond acceptors (Lipinski definition) is 3. The van der Waals surface area contributed by atoms with Crippen LogP contribution in [0.15, 0.2) is 24.3 Å². The molecule has 104 valence electrons. The fourth-order valence-corrected chi connectivity index (χ4v) is 3.25. The summed E-state index contributed by atoms with van der Waals surface area (Å²) in [5, 5.41) is 0. The summed E-state index contributed by atoms with van der Waals surface area (Å²) in [6.45, 7) is 7.21. The first kappa shape index (κ1) is 13.1. The van der Waals surface area contributed by atoms with Crippen molar-refractivity contribution in [3.8, 4) is 0 Å². The summed E-state index contributed by atoms with van der Waals surface area (Å²) in [6, 6.07) is 9.60. The number of nitrogens with zero attached hydrogens (tertiary/aromatic N) is 3. The molecule has 0 amide bonds. The van der Waals surface area contributed by atoms with Gasteiger partial charge in [-0.2, -0.15) is 0 Å². The van der Waals surface area contributed by atoms with Gasteiger partial charge < -0.3 is 4.90 Å². The SMILES string of the molecule is CN1CCN(CC2Cc3ccccc3CN2C)CC1. The Morgan fingerprint density at radius 3 is 2.42 bits per heavy atom. The molecule has 2 aliphatic heterocycles. The van der Waals surface area contributed by atoms with Crippen molar-refractivity contribution in [2.75, 3.05) is 46.8 Å². The number of hydrogen-bond donors (Lipinski definition) is 0. The summed E-state index contributed by atoms with van der Waals surface area (Å²) >= 11 is 0. The second-order valence-corrected chi connectivity index (χ2v) is 6.15. The smallest absolute Gasteiger partial charge is 0.0264 e. The van der Waals surface area contributed by atoms with E-state index in [1.807, 2.05) is 0 Å². The van der Waals surface area contributed by atoms with Crippen LogP contribution >= 0.6 is 0 Å². The number of rotatable bonds is 2. The first-order valence-electron chi connectivity index (χ1n) is 7.40. The van der Waals surface area contributed by atoms with Gasteiger partial charge in [0.1, 0.15) is 0 Å². The van der Waals surface area contributed by atoms with Crippen LogP contribution in [0.25, 0.3) is 0 Å². The van der Waals surface area contributed by atoms with E-state index < -0.39 is 0 Å². The van der Waals surface area contributed by atoms with E-state index in [1.165, 1.54) is 44.7 Å². The van der Waals surface area contributed by atoms with Gasteiger partial charge in [-0.05, 0) is 31.6 Å². The number of likely N-dealkylation sites (N-methyl/N-ethyl adjacent to an activating group) is 2. The molecule has 3 nitrogen and oxygen atoms in total. The van der Waals surface area contributed by atoms with Crippen LogP contribution in [-0.2, 0) is 13.0 Å². The first-order chi connectivity index (χ1) is 9.22. The van der Waals surface area contributed by atoms with Crippen LogP contribution in [0.2, 0.25) is 0 Å². The monoisotopic (exact) mass is 259 g/mol. The van der Waals surface area contributed by atoms with Crippen molar-refractivity contribution in [3.05, 3.63) is 35.4 Å². The molecule has 19 heavy (non-hydrogen) atoms. The van der Waals surface area contributed by atoms with Gasteiger partial charge in [0.15, 0.2) is 0 Å². The summed E-state index contributed by atoms with van der Waals surface area (Å²) in [5.41, 5.74) is 3.07. The quantitative estimate of drug-likeness (QED) is 0.792. The van der Waals surface area contributed by atoms with Crippen LogP contribution in [0, 0.1) is 0 Å². The molecule has 0 radical (unpaired) electrons. The van der Waals surface area contributed by atoms with E-state index >= 15 is 0 Å². The highest BCUT2D eigenvalue weighted by Gasteiger charge is 2.25. The van der Waals surface area contributed by atoms with E-state index in [1.54, 1.807) is 5.56 Å². The highest BCUT2D eigenvalue weighted by atomic mass is 15.3. The molecular weight excluding hydrogens is 234 g/mol. The zero-order valence-corrected chi connectivity index (χ0v) is 12.2. The standard InChI is InChI=1S/C16H25N3/c1-17-7-9-19(10-8-17)13-16-11-14-5-3-4-6-15(14)12-18(16)2/h3-6,16H,7-13H2,1-2H3. The number of benzene rings is 1. The zero-order chi connectivity index (χ0) is 13.2. The molecule has 0 aromatic heterocycles. The highest BCUT2D eigenvalue weighted by molar-refractivity contribution is 5.30. The van der Waals surface area contributed by atoms with E-state index in [2.05, 4.69) is 53.1 Å². The molecule has 1 atom stereocenters. The fourth-order valence-electron chi connectivity index (χ4n) is 3.25. The van der Waals surface area contributed by atoms with Crippen LogP contribution in [0.3, 0.4) is 0 Å². The van der Waals surface area contributed by atoms with Crippen LogP contribution in [0.5, 0.6) is 0 Å². The summed E-state index contributed by atoms with van der Waals surface area (Å²) in [5.74, 6) is 0. The normalized spacial score (nSPS) is 26.3. The Kier molecular flexibility index (Phi) is 3.87. The van der Waals surface area contributed by atoms with Gasteiger partial charge >= 0.3 is 0 Å². The molecule has 1 aromatic rings. The molecule has 3 heteroatoms. The molecule has 3 rings (SSSR count). The van der Waals surface area contributed by atoms with E-state index in [-0.39, 0.29) is 0 Å². The summed E-state index contributed by atoms with van der Waals surface area (Å²) in [7, 11) is 4.50. The van der Waals surface area contributed by atoms with Gasteiger partial charge in [-0.1, -0.05) is 24.3 Å². The summed E-state index contributed by atoms with van der Waals surface area (Å²) in [6.07, 6.45) is 1.21. The second-order valence-electron chi connectivity index (χ2n) is 6.15. The molecule has 1 fully saturated rings. The van der Waals surface area contributed by atoms with Crippen molar-refractivity contribution in [1.29, 1.82) is 0 Å². The Labute approximate surface area is 116 Å². The number of fused-ring (bicyclic) bond motifs is 1. The third kappa shape index (κ3) is 2.99. The Balaban J connectivity index is 1.63. The van der Waals surface area contributed by atoms with Crippen LogP contribution in [-0.4, -0.2) is 67.6 Å². The maximum atomic E-state index is 2.63. The maximum absolute atomic E-state index is 2.63. The predicted molar refractivity (Wildman–Crippen MR) is 79.3 cm³/mol. The van der Waals surface area contributed by atoms with Crippen LogP contribution < -0.4 is 0 Å². The lowest BCUT2D eigenvalue weighted by Crippen LogP contribution is -2.51. The average Bonchev–Trinajstić information content (AvgIpc) is 2.42. The van der Waals surface area contributed by atoms with Gasteiger partial charge in [0.05, 0.1) is 0 Å². The molecule has 2 aliphatic rings. The minimum Gasteiger partial charge on any atom is -0.304 e. The van der Waals surface area contributed by atoms with Gasteiger partial charge in [-0.25, -0.2) is 0 Å². The van der Waals surface area contributed by atoms with Gasteiger partial charge in [0, 0.05) is 45.3 Å². The predicted octanol–water partition coefficient (Wildman–Crippen LogP) is 1.29. The molecular formula is C16H25N3. The molecule has 1 saturated heterocycles. The van der Waals surface area contributed by atoms with Crippen molar-refractivity contribution in [2.45, 2.75) is 19.0 Å². The topological polar surface area (TPSA) is 9.72 Å². The first-order valence-corrected chi connectivity index (χ1v) is 7.40. The highest BCUT2D eigenvalue weighted by Crippen LogP contribution is 2.22. The van der Waals surface area contributed by atoms with Crippen molar-refractivity contribution < 1.29 is 0 Å². The Bertz CT molecular complexity index is 424. The summed E-state index contributed by atoms with van der Waals surface area (Å²) in [4.78, 5) is 7.59. The van der Waals surface area contributed by atoms with Crippen LogP contribution in [0.1, 0.15) is 11.1 Å². The van der Waals surface area contributed by atoms with E-state index in [0.717, 1.165) is 6.54 Å². The lowest BCUT2D eigenvalue weighted by atomic mass is 9.94. The lowest BCUT2D eigenvalue weighted by Gasteiger charge is -2.40. The van der Waals surface area contributed by atoms with Gasteiger partial charge in [0.2, 0.25) is 0 Å². The molecule has 0 spiro atoms. The average molecular weight is 259 g/mol. The van der Waals surface area contributed by atoms with E-state index in [4.69, 9.17) is 0 Å². The Morgan fingerprint density at radius 2 is 1.68 bits per heavy atom. The van der Waals surface area contributed by atoms with Gasteiger partial charge in [0.25, 0.3) is 0 Å². The molecule has 1 aromatic carbocycles. The molecule has 0 bridgehead atoms. The van der Waals surface area contributed by atoms with Crippen molar-refractivity contribution >= 4 is 0 Å². The van der Waals surface area contributed by atoms with Crippen molar-refractivity contribution in [1.82, 2.24) is 14.7 Å². The maximum Gasteiger partial charge on any atom is 0.0264 e. The van der Waals surface area contributed by atoms with Crippen LogP contribution in [0.4, 0.5) is 0 Å². The third-order valence-corrected chi connectivity index (χ3v) is 4.68. The molecule has 0 saturated carbocycles.